The number of hydrogen-bond donors (Lipinski definition) is 2. The third-order valence-corrected chi connectivity index (χ3v) is 4.06. The zero-order valence-electron chi connectivity index (χ0n) is 11.4. The van der Waals surface area contributed by atoms with E-state index in [4.69, 9.17) is 0 Å². The SMILES string of the molecule is CCNC1CCCCCC1Cc1ccc(O)cc1. The molecule has 0 heterocycles. The van der Waals surface area contributed by atoms with E-state index in [1.807, 2.05) is 0 Å². The number of rotatable bonds is 4. The molecular formula is C16H25NO. The standard InChI is InChI=1S/C16H25NO/c1-2-17-16-7-5-3-4-6-14(16)12-13-8-10-15(18)11-9-13/h8-11,14,16-18H,2-7,12H2,1H3. The van der Waals surface area contributed by atoms with Crippen LogP contribution in [0.25, 0.3) is 0 Å². The second kappa shape index (κ2) is 6.79. The smallest absolute Gasteiger partial charge is 0.115 e. The molecule has 2 unspecified atom stereocenters. The van der Waals surface area contributed by atoms with E-state index in [1.54, 1.807) is 12.1 Å². The highest BCUT2D eigenvalue weighted by molar-refractivity contribution is 5.26. The Morgan fingerprint density at radius 3 is 2.56 bits per heavy atom. The van der Waals surface area contributed by atoms with Gasteiger partial charge in [0.15, 0.2) is 0 Å². The van der Waals surface area contributed by atoms with Crippen LogP contribution < -0.4 is 5.32 Å². The van der Waals surface area contributed by atoms with Crippen molar-refractivity contribution in [1.82, 2.24) is 5.32 Å². The van der Waals surface area contributed by atoms with Crippen LogP contribution >= 0.6 is 0 Å². The Labute approximate surface area is 110 Å². The lowest BCUT2D eigenvalue weighted by Crippen LogP contribution is -2.36. The number of phenols is 1. The molecular weight excluding hydrogens is 222 g/mol. The first-order valence-electron chi connectivity index (χ1n) is 7.31. The number of benzene rings is 1. The molecule has 100 valence electrons. The molecule has 0 radical (unpaired) electrons. The van der Waals surface area contributed by atoms with Crippen LogP contribution in [0.15, 0.2) is 24.3 Å². The van der Waals surface area contributed by atoms with E-state index in [-0.39, 0.29) is 0 Å². The molecule has 1 aromatic rings. The summed E-state index contributed by atoms with van der Waals surface area (Å²) >= 11 is 0. The first kappa shape index (κ1) is 13.4. The predicted octanol–water partition coefficient (Wildman–Crippen LogP) is 3.49. The van der Waals surface area contributed by atoms with Gasteiger partial charge in [-0.25, -0.2) is 0 Å². The number of hydrogen-bond acceptors (Lipinski definition) is 2. The average molecular weight is 247 g/mol. The van der Waals surface area contributed by atoms with Crippen molar-refractivity contribution in [2.24, 2.45) is 5.92 Å². The van der Waals surface area contributed by atoms with Gasteiger partial charge in [-0.15, -0.1) is 0 Å². The van der Waals surface area contributed by atoms with Gasteiger partial charge < -0.3 is 10.4 Å². The van der Waals surface area contributed by atoms with E-state index in [0.717, 1.165) is 18.9 Å². The molecule has 2 atom stereocenters. The first-order valence-corrected chi connectivity index (χ1v) is 7.31. The molecule has 0 amide bonds. The van der Waals surface area contributed by atoms with E-state index in [1.165, 1.54) is 37.7 Å². The van der Waals surface area contributed by atoms with Crippen LogP contribution in [-0.2, 0) is 6.42 Å². The second-order valence-electron chi connectivity index (χ2n) is 5.43. The maximum absolute atomic E-state index is 9.33. The number of phenolic OH excluding ortho intramolecular Hbond substituents is 1. The molecule has 2 heteroatoms. The van der Waals surface area contributed by atoms with Crippen molar-refractivity contribution in [3.05, 3.63) is 29.8 Å². The summed E-state index contributed by atoms with van der Waals surface area (Å²) in [6.45, 7) is 3.26. The van der Waals surface area contributed by atoms with Crippen LogP contribution in [0.3, 0.4) is 0 Å². The zero-order valence-corrected chi connectivity index (χ0v) is 11.4. The van der Waals surface area contributed by atoms with Gasteiger partial charge in [0.05, 0.1) is 0 Å². The molecule has 0 spiro atoms. The van der Waals surface area contributed by atoms with Crippen LogP contribution in [0.4, 0.5) is 0 Å². The minimum atomic E-state index is 0.364. The maximum atomic E-state index is 9.33. The lowest BCUT2D eigenvalue weighted by Gasteiger charge is -2.26. The molecule has 0 aliphatic heterocycles. The highest BCUT2D eigenvalue weighted by atomic mass is 16.3. The number of nitrogens with one attached hydrogen (secondary N) is 1. The van der Waals surface area contributed by atoms with Crippen LogP contribution in [0.2, 0.25) is 0 Å². The van der Waals surface area contributed by atoms with Gasteiger partial charge in [-0.3, -0.25) is 0 Å². The Kier molecular flexibility index (Phi) is 5.06. The summed E-state index contributed by atoms with van der Waals surface area (Å²) in [5.74, 6) is 1.11. The molecule has 2 N–H and O–H groups in total. The van der Waals surface area contributed by atoms with Gasteiger partial charge >= 0.3 is 0 Å². The largest absolute Gasteiger partial charge is 0.508 e. The van der Waals surface area contributed by atoms with Crippen LogP contribution in [0.5, 0.6) is 5.75 Å². The molecule has 18 heavy (non-hydrogen) atoms. The first-order chi connectivity index (χ1) is 8.79. The lowest BCUT2D eigenvalue weighted by molar-refractivity contribution is 0.337. The Hall–Kier alpha value is -1.02. The third kappa shape index (κ3) is 3.74. The summed E-state index contributed by atoms with van der Waals surface area (Å²) in [5, 5.41) is 13.0. The Morgan fingerprint density at radius 2 is 1.83 bits per heavy atom. The van der Waals surface area contributed by atoms with Gasteiger partial charge in [-0.2, -0.15) is 0 Å². The van der Waals surface area contributed by atoms with Crippen molar-refractivity contribution in [3.8, 4) is 5.75 Å². The van der Waals surface area contributed by atoms with E-state index in [0.29, 0.717) is 11.8 Å². The van der Waals surface area contributed by atoms with Gasteiger partial charge in [0.1, 0.15) is 5.75 Å². The van der Waals surface area contributed by atoms with Crippen molar-refractivity contribution < 1.29 is 5.11 Å². The van der Waals surface area contributed by atoms with Gasteiger partial charge in [0, 0.05) is 6.04 Å². The van der Waals surface area contributed by atoms with Crippen molar-refractivity contribution in [2.75, 3.05) is 6.54 Å². The molecule has 2 nitrogen and oxygen atoms in total. The van der Waals surface area contributed by atoms with Gasteiger partial charge in [0.25, 0.3) is 0 Å². The summed E-state index contributed by atoms with van der Waals surface area (Å²) < 4.78 is 0. The summed E-state index contributed by atoms with van der Waals surface area (Å²) in [7, 11) is 0. The van der Waals surface area contributed by atoms with Crippen LogP contribution in [0.1, 0.15) is 44.6 Å². The van der Waals surface area contributed by atoms with Crippen molar-refractivity contribution >= 4 is 0 Å². The van der Waals surface area contributed by atoms with Crippen molar-refractivity contribution in [1.29, 1.82) is 0 Å². The normalized spacial score (nSPS) is 24.7. The van der Waals surface area contributed by atoms with E-state index in [2.05, 4.69) is 24.4 Å². The van der Waals surface area contributed by atoms with Crippen molar-refractivity contribution in [2.45, 2.75) is 51.5 Å². The molecule has 1 aliphatic rings. The zero-order chi connectivity index (χ0) is 12.8. The molecule has 1 aliphatic carbocycles. The Bertz CT molecular complexity index is 347. The summed E-state index contributed by atoms with van der Waals surface area (Å²) in [6, 6.07) is 8.39. The van der Waals surface area contributed by atoms with E-state index < -0.39 is 0 Å². The average Bonchev–Trinajstić information content (AvgIpc) is 2.59. The Balaban J connectivity index is 2.01. The van der Waals surface area contributed by atoms with Crippen LogP contribution in [0, 0.1) is 5.92 Å². The van der Waals surface area contributed by atoms with E-state index >= 15 is 0 Å². The van der Waals surface area contributed by atoms with E-state index in [9.17, 15) is 5.11 Å². The fourth-order valence-electron chi connectivity index (χ4n) is 3.09. The topological polar surface area (TPSA) is 32.3 Å². The summed E-state index contributed by atoms with van der Waals surface area (Å²) in [6.07, 6.45) is 7.90. The molecule has 1 fully saturated rings. The highest BCUT2D eigenvalue weighted by Crippen LogP contribution is 2.27. The van der Waals surface area contributed by atoms with Gasteiger partial charge in [-0.05, 0) is 49.4 Å². The lowest BCUT2D eigenvalue weighted by atomic mass is 9.88. The van der Waals surface area contributed by atoms with Crippen molar-refractivity contribution in [3.63, 3.8) is 0 Å². The molecule has 2 rings (SSSR count). The third-order valence-electron chi connectivity index (χ3n) is 4.06. The fraction of sp³-hybridized carbons (Fsp3) is 0.625. The summed E-state index contributed by atoms with van der Waals surface area (Å²) in [4.78, 5) is 0. The Morgan fingerprint density at radius 1 is 1.11 bits per heavy atom. The monoisotopic (exact) mass is 247 g/mol. The van der Waals surface area contributed by atoms with Gasteiger partial charge in [0.2, 0.25) is 0 Å². The van der Waals surface area contributed by atoms with Crippen LogP contribution in [-0.4, -0.2) is 17.7 Å². The minimum absolute atomic E-state index is 0.364. The highest BCUT2D eigenvalue weighted by Gasteiger charge is 2.22. The second-order valence-corrected chi connectivity index (χ2v) is 5.43. The molecule has 0 aromatic heterocycles. The number of aromatic hydroxyl groups is 1. The molecule has 1 saturated carbocycles. The quantitative estimate of drug-likeness (QED) is 0.798. The molecule has 1 aromatic carbocycles. The predicted molar refractivity (Wildman–Crippen MR) is 75.9 cm³/mol. The fourth-order valence-corrected chi connectivity index (χ4v) is 3.09. The summed E-state index contributed by atoms with van der Waals surface area (Å²) in [5.41, 5.74) is 1.35. The minimum Gasteiger partial charge on any atom is -0.508 e. The molecule has 0 saturated heterocycles. The maximum Gasteiger partial charge on any atom is 0.115 e. The van der Waals surface area contributed by atoms with Gasteiger partial charge in [-0.1, -0.05) is 38.3 Å². The molecule has 0 bridgehead atoms.